The minimum Gasteiger partial charge on any atom is -0.254 e. The molecule has 0 fully saturated rings. The molecule has 0 N–H and O–H groups in total. The maximum atomic E-state index is 9.67. The van der Waals surface area contributed by atoms with E-state index in [4.69, 9.17) is 0 Å². The van der Waals surface area contributed by atoms with Gasteiger partial charge in [0.05, 0.1) is 0 Å². The number of rotatable bonds is 0. The zero-order valence-corrected chi connectivity index (χ0v) is 3.80. The Hall–Kier alpha value is 0.478. The Morgan fingerprint density at radius 2 is 1.00 bits per heavy atom. The first-order valence-electron chi connectivity index (χ1n) is 0.655. The summed E-state index contributed by atoms with van der Waals surface area (Å²) in [5.41, 5.74) is 0. The number of halogens is 3. The maximum absolute atomic E-state index is 9.67. The molecule has 0 aromatic carbocycles. The smallest absolute Gasteiger partial charge is 0.254 e. The Bertz CT molecular complexity index is 11.6. The molecular formula is BF3Ru. The Labute approximate surface area is 40.7 Å². The summed E-state index contributed by atoms with van der Waals surface area (Å²) in [6, 6.07) is 0. The van der Waals surface area contributed by atoms with Crippen molar-refractivity contribution in [3.05, 3.63) is 0 Å². The van der Waals surface area contributed by atoms with Gasteiger partial charge in [-0.2, -0.15) is 0 Å². The molecule has 5 heavy (non-hydrogen) atoms. The van der Waals surface area contributed by atoms with E-state index < -0.39 is 7.54 Å². The van der Waals surface area contributed by atoms with Gasteiger partial charge in [0.15, 0.2) is 0 Å². The first kappa shape index (κ1) is 9.08. The molecule has 0 aromatic heterocycles. The van der Waals surface area contributed by atoms with E-state index >= 15 is 0 Å². The van der Waals surface area contributed by atoms with Gasteiger partial charge in [0.2, 0.25) is 0 Å². The van der Waals surface area contributed by atoms with Crippen molar-refractivity contribution in [2.45, 2.75) is 0 Å². The molecule has 0 aliphatic rings. The minimum absolute atomic E-state index is 0. The average molecular weight is 169 g/mol. The van der Waals surface area contributed by atoms with E-state index in [0.717, 1.165) is 0 Å². The molecular weight excluding hydrogens is 169 g/mol. The van der Waals surface area contributed by atoms with Crippen LogP contribution in [0.15, 0.2) is 0 Å². The van der Waals surface area contributed by atoms with Crippen LogP contribution in [-0.4, -0.2) is 7.54 Å². The molecule has 0 nitrogen and oxygen atoms in total. The average Bonchev–Trinajstić information content (AvgIpc) is 0.811. The van der Waals surface area contributed by atoms with Crippen molar-refractivity contribution in [1.29, 1.82) is 0 Å². The van der Waals surface area contributed by atoms with Crippen molar-refractivity contribution in [1.82, 2.24) is 0 Å². The summed E-state index contributed by atoms with van der Waals surface area (Å²) in [5.74, 6) is 0. The van der Waals surface area contributed by atoms with Crippen molar-refractivity contribution in [2.75, 3.05) is 0 Å². The topological polar surface area (TPSA) is 0 Å². The summed E-state index contributed by atoms with van der Waals surface area (Å²) in [4.78, 5) is 0. The molecule has 32 valence electrons. The van der Waals surface area contributed by atoms with Gasteiger partial charge in [-0.3, -0.25) is 12.9 Å². The molecule has 0 spiro atoms. The number of hydrogen-bond donors (Lipinski definition) is 0. The fourth-order valence-corrected chi connectivity index (χ4v) is 0. The van der Waals surface area contributed by atoms with E-state index in [9.17, 15) is 12.9 Å². The quantitative estimate of drug-likeness (QED) is 0.472. The largest absolute Gasteiger partial charge is 0.762 e. The first-order chi connectivity index (χ1) is 1.73. The molecule has 0 radical (unpaired) electrons. The van der Waals surface area contributed by atoms with Crippen LogP contribution in [0.25, 0.3) is 0 Å². The standard InChI is InChI=1S/BF3.Ru/c2-1(3)4;. The third kappa shape index (κ3) is 120. The van der Waals surface area contributed by atoms with Crippen LogP contribution >= 0.6 is 0 Å². The monoisotopic (exact) mass is 170 g/mol. The minimum atomic E-state index is -3.67. The zero-order chi connectivity index (χ0) is 3.58. The van der Waals surface area contributed by atoms with Crippen molar-refractivity contribution in [3.8, 4) is 0 Å². The Morgan fingerprint density at radius 1 is 1.00 bits per heavy atom. The summed E-state index contributed by atoms with van der Waals surface area (Å²) >= 11 is 0. The molecule has 0 saturated carbocycles. The molecule has 0 atom stereocenters. The fraction of sp³-hybridized carbons (Fsp3) is 0. The third-order valence-corrected chi connectivity index (χ3v) is 0. The second-order valence-corrected chi connectivity index (χ2v) is 0.247. The SMILES string of the molecule is FB(F)F.[Ru]. The summed E-state index contributed by atoms with van der Waals surface area (Å²) in [5, 5.41) is 0. The molecule has 0 aliphatic carbocycles. The molecule has 0 aliphatic heterocycles. The van der Waals surface area contributed by atoms with Gasteiger partial charge >= 0.3 is 7.54 Å². The summed E-state index contributed by atoms with van der Waals surface area (Å²) in [7, 11) is -3.67. The summed E-state index contributed by atoms with van der Waals surface area (Å²) in [6.45, 7) is 0. The van der Waals surface area contributed by atoms with Gasteiger partial charge < -0.3 is 0 Å². The molecule has 0 bridgehead atoms. The third-order valence-electron chi connectivity index (χ3n) is 0. The predicted octanol–water partition coefficient (Wildman–Crippen LogP) is 0.877. The summed E-state index contributed by atoms with van der Waals surface area (Å²) in [6.07, 6.45) is 0. The second-order valence-electron chi connectivity index (χ2n) is 0.247. The van der Waals surface area contributed by atoms with Crippen LogP contribution in [0.4, 0.5) is 12.9 Å². The van der Waals surface area contributed by atoms with Crippen LogP contribution < -0.4 is 0 Å². The molecule has 0 aromatic rings. The van der Waals surface area contributed by atoms with Crippen LogP contribution in [0.5, 0.6) is 0 Å². The van der Waals surface area contributed by atoms with E-state index in [0.29, 0.717) is 0 Å². The van der Waals surface area contributed by atoms with Crippen LogP contribution in [-0.2, 0) is 19.5 Å². The van der Waals surface area contributed by atoms with Gasteiger partial charge in [-0.25, -0.2) is 0 Å². The predicted molar refractivity (Wildman–Crippen MR) is 9.08 cm³/mol. The van der Waals surface area contributed by atoms with Crippen molar-refractivity contribution in [3.63, 3.8) is 0 Å². The molecule has 0 heterocycles. The van der Waals surface area contributed by atoms with Crippen molar-refractivity contribution in [2.24, 2.45) is 0 Å². The molecule has 0 rings (SSSR count). The van der Waals surface area contributed by atoms with Gasteiger partial charge in [0.1, 0.15) is 0 Å². The molecule has 5 heteroatoms. The van der Waals surface area contributed by atoms with E-state index in [1.165, 1.54) is 0 Å². The Morgan fingerprint density at radius 3 is 1.00 bits per heavy atom. The maximum Gasteiger partial charge on any atom is 0.762 e. The second kappa shape index (κ2) is 4.48. The van der Waals surface area contributed by atoms with Crippen LogP contribution in [0, 0.1) is 0 Å². The van der Waals surface area contributed by atoms with E-state index in [1.807, 2.05) is 0 Å². The molecule has 0 unspecified atom stereocenters. The van der Waals surface area contributed by atoms with E-state index in [-0.39, 0.29) is 19.5 Å². The molecule has 0 saturated heterocycles. The van der Waals surface area contributed by atoms with Crippen LogP contribution in [0.3, 0.4) is 0 Å². The van der Waals surface area contributed by atoms with Gasteiger partial charge in [-0.15, -0.1) is 0 Å². The Balaban J connectivity index is 0. The summed E-state index contributed by atoms with van der Waals surface area (Å²) < 4.78 is 29.0. The van der Waals surface area contributed by atoms with Gasteiger partial charge in [0, 0.05) is 19.5 Å². The van der Waals surface area contributed by atoms with Gasteiger partial charge in [-0.05, 0) is 0 Å². The normalized spacial score (nSPS) is 5.40. The van der Waals surface area contributed by atoms with Gasteiger partial charge in [0.25, 0.3) is 0 Å². The Kier molecular flexibility index (Phi) is 8.13. The van der Waals surface area contributed by atoms with Crippen LogP contribution in [0.1, 0.15) is 0 Å². The van der Waals surface area contributed by atoms with E-state index in [1.54, 1.807) is 0 Å². The fourth-order valence-electron chi connectivity index (χ4n) is 0. The van der Waals surface area contributed by atoms with Crippen LogP contribution in [0.2, 0.25) is 0 Å². The van der Waals surface area contributed by atoms with Gasteiger partial charge in [-0.1, -0.05) is 0 Å². The molecule has 0 amide bonds. The number of hydrogen-bond acceptors (Lipinski definition) is 0. The zero-order valence-electron chi connectivity index (χ0n) is 2.06. The van der Waals surface area contributed by atoms with Crippen molar-refractivity contribution >= 4 is 7.54 Å². The van der Waals surface area contributed by atoms with Crippen molar-refractivity contribution < 1.29 is 32.4 Å². The first-order valence-corrected chi connectivity index (χ1v) is 0.655. The van der Waals surface area contributed by atoms with E-state index in [2.05, 4.69) is 0 Å².